The summed E-state index contributed by atoms with van der Waals surface area (Å²) in [5.74, 6) is 0.800. The van der Waals surface area contributed by atoms with Gasteiger partial charge in [-0.05, 0) is 43.7 Å². The molecule has 0 aliphatic rings. The van der Waals surface area contributed by atoms with Gasteiger partial charge >= 0.3 is 0 Å². The highest BCUT2D eigenvalue weighted by atomic mass is 127. The van der Waals surface area contributed by atoms with Crippen molar-refractivity contribution in [3.8, 4) is 0 Å². The number of carbonyl (C=O) groups is 1. The molecule has 148 valence electrons. The average Bonchev–Trinajstić information content (AvgIpc) is 3.04. The van der Waals surface area contributed by atoms with Gasteiger partial charge in [0, 0.05) is 27.9 Å². The third-order valence-electron chi connectivity index (χ3n) is 3.74. The minimum atomic E-state index is -0.0276. The molecule has 0 fully saturated rings. The first-order chi connectivity index (χ1) is 12.5. The molecule has 0 aliphatic carbocycles. The predicted molar refractivity (Wildman–Crippen MR) is 126 cm³/mol. The number of carbonyl (C=O) groups excluding carboxylic acids is 1. The van der Waals surface area contributed by atoms with Crippen molar-refractivity contribution in [3.63, 3.8) is 0 Å². The third-order valence-corrected chi connectivity index (χ3v) is 4.74. The summed E-state index contributed by atoms with van der Waals surface area (Å²) in [6.45, 7) is 10.1. The molecule has 2 aromatic rings. The molecule has 1 aromatic carbocycles. The van der Waals surface area contributed by atoms with Crippen LogP contribution in [0.4, 0.5) is 5.69 Å². The van der Waals surface area contributed by atoms with E-state index in [0.29, 0.717) is 6.54 Å². The number of amides is 1. The Hall–Kier alpha value is -1.61. The van der Waals surface area contributed by atoms with E-state index in [0.717, 1.165) is 30.3 Å². The Morgan fingerprint density at radius 3 is 2.37 bits per heavy atom. The first kappa shape index (κ1) is 23.4. The van der Waals surface area contributed by atoms with Crippen molar-refractivity contribution < 1.29 is 4.79 Å². The van der Waals surface area contributed by atoms with E-state index in [1.54, 1.807) is 11.3 Å². The summed E-state index contributed by atoms with van der Waals surface area (Å²) in [4.78, 5) is 19.0. The summed E-state index contributed by atoms with van der Waals surface area (Å²) in [5, 5.41) is 9.53. The first-order valence-electron chi connectivity index (χ1n) is 8.95. The number of nitrogens with zero attached hydrogens (tertiary/aromatic N) is 1. The maximum absolute atomic E-state index is 11.7. The van der Waals surface area contributed by atoms with Crippen LogP contribution in [-0.4, -0.2) is 18.4 Å². The summed E-state index contributed by atoms with van der Waals surface area (Å²) in [6, 6.07) is 12.1. The molecule has 1 amide bonds. The van der Waals surface area contributed by atoms with Gasteiger partial charge in [0.2, 0.25) is 5.91 Å². The Morgan fingerprint density at radius 2 is 1.81 bits per heavy atom. The number of nitrogens with one attached hydrogen (secondary N) is 3. The lowest BCUT2D eigenvalue weighted by molar-refractivity contribution is -0.118. The van der Waals surface area contributed by atoms with Gasteiger partial charge in [-0.3, -0.25) is 4.79 Å². The van der Waals surface area contributed by atoms with Gasteiger partial charge in [0.15, 0.2) is 5.96 Å². The number of thiophene rings is 1. The quantitative estimate of drug-likeness (QED) is 0.298. The van der Waals surface area contributed by atoms with E-state index >= 15 is 0 Å². The zero-order chi connectivity index (χ0) is 18.9. The Morgan fingerprint density at radius 1 is 1.11 bits per heavy atom. The molecule has 0 aliphatic heterocycles. The summed E-state index contributed by atoms with van der Waals surface area (Å²) < 4.78 is 0. The molecule has 1 aromatic heterocycles. The highest BCUT2D eigenvalue weighted by Gasteiger charge is 2.06. The lowest BCUT2D eigenvalue weighted by Gasteiger charge is -2.11. The highest BCUT2D eigenvalue weighted by molar-refractivity contribution is 14.0. The van der Waals surface area contributed by atoms with Crippen LogP contribution in [0.25, 0.3) is 0 Å². The lowest BCUT2D eigenvalue weighted by atomic mass is 10.2. The minimum Gasteiger partial charge on any atom is -0.357 e. The van der Waals surface area contributed by atoms with E-state index in [4.69, 9.17) is 0 Å². The fourth-order valence-electron chi connectivity index (χ4n) is 2.24. The molecule has 0 bridgehead atoms. The van der Waals surface area contributed by atoms with Crippen molar-refractivity contribution in [1.82, 2.24) is 10.6 Å². The third kappa shape index (κ3) is 8.30. The molecule has 7 heteroatoms. The second kappa shape index (κ2) is 12.0. The van der Waals surface area contributed by atoms with Crippen LogP contribution in [0, 0.1) is 12.8 Å². The van der Waals surface area contributed by atoms with Crippen LogP contribution >= 0.6 is 35.3 Å². The van der Waals surface area contributed by atoms with E-state index in [2.05, 4.69) is 46.9 Å². The van der Waals surface area contributed by atoms with E-state index in [1.807, 2.05) is 38.1 Å². The van der Waals surface area contributed by atoms with Crippen molar-refractivity contribution in [2.24, 2.45) is 10.9 Å². The molecule has 0 radical (unpaired) electrons. The summed E-state index contributed by atoms with van der Waals surface area (Å²) in [7, 11) is 0. The van der Waals surface area contributed by atoms with Gasteiger partial charge in [-0.15, -0.1) is 35.3 Å². The molecule has 0 spiro atoms. The molecule has 2 rings (SSSR count). The number of benzene rings is 1. The monoisotopic (exact) mass is 500 g/mol. The zero-order valence-corrected chi connectivity index (χ0v) is 19.5. The van der Waals surface area contributed by atoms with Crippen LogP contribution in [0.15, 0.2) is 41.4 Å². The Labute approximate surface area is 183 Å². The first-order valence-corrected chi connectivity index (χ1v) is 9.77. The van der Waals surface area contributed by atoms with Gasteiger partial charge in [0.05, 0.1) is 13.1 Å². The molecule has 0 unspecified atom stereocenters. The summed E-state index contributed by atoms with van der Waals surface area (Å²) >= 11 is 1.79. The van der Waals surface area contributed by atoms with E-state index < -0.39 is 0 Å². The molecule has 27 heavy (non-hydrogen) atoms. The number of rotatable bonds is 7. The van der Waals surface area contributed by atoms with Crippen molar-refractivity contribution >= 4 is 52.9 Å². The standard InChI is InChI=1S/C20H28N4OS.HI/c1-5-21-20(23-13-18-11-6-15(4)26-18)22-12-16-7-9-17(10-8-16)24-19(25)14(2)3;/h6-11,14H,5,12-13H2,1-4H3,(H,24,25)(H2,21,22,23);1H. The van der Waals surface area contributed by atoms with Gasteiger partial charge < -0.3 is 16.0 Å². The minimum absolute atomic E-state index is 0. The van der Waals surface area contributed by atoms with Crippen LogP contribution in [0.5, 0.6) is 0 Å². The smallest absolute Gasteiger partial charge is 0.226 e. The van der Waals surface area contributed by atoms with Crippen LogP contribution in [-0.2, 0) is 17.9 Å². The number of anilines is 1. The number of aliphatic imine (C=N–C) groups is 1. The molecule has 3 N–H and O–H groups in total. The van der Waals surface area contributed by atoms with E-state index in [9.17, 15) is 4.79 Å². The number of guanidine groups is 1. The lowest BCUT2D eigenvalue weighted by Crippen LogP contribution is -2.36. The molecule has 0 saturated heterocycles. The number of hydrogen-bond acceptors (Lipinski definition) is 3. The Bertz CT molecular complexity index is 741. The molecule has 0 atom stereocenters. The van der Waals surface area contributed by atoms with Gasteiger partial charge in [-0.2, -0.15) is 0 Å². The van der Waals surface area contributed by atoms with Crippen LogP contribution in [0.3, 0.4) is 0 Å². The second-order valence-electron chi connectivity index (χ2n) is 6.40. The normalized spacial score (nSPS) is 11.1. The second-order valence-corrected chi connectivity index (χ2v) is 7.77. The molecule has 0 saturated carbocycles. The SMILES string of the molecule is CCNC(=NCc1ccc(NC(=O)C(C)C)cc1)NCc1ccc(C)s1.I. The van der Waals surface area contributed by atoms with Crippen LogP contribution < -0.4 is 16.0 Å². The Balaban J connectivity index is 0.00000364. The van der Waals surface area contributed by atoms with Crippen molar-refractivity contribution in [3.05, 3.63) is 51.7 Å². The van der Waals surface area contributed by atoms with Gasteiger partial charge in [-0.25, -0.2) is 4.99 Å². The fourth-order valence-corrected chi connectivity index (χ4v) is 3.07. The van der Waals surface area contributed by atoms with Crippen molar-refractivity contribution in [1.29, 1.82) is 0 Å². The Kier molecular flexibility index (Phi) is 10.4. The largest absolute Gasteiger partial charge is 0.357 e. The zero-order valence-electron chi connectivity index (χ0n) is 16.3. The van der Waals surface area contributed by atoms with Gasteiger partial charge in [-0.1, -0.05) is 26.0 Å². The van der Waals surface area contributed by atoms with Crippen LogP contribution in [0.1, 0.15) is 36.1 Å². The maximum Gasteiger partial charge on any atom is 0.226 e. The van der Waals surface area contributed by atoms with E-state index in [1.165, 1.54) is 9.75 Å². The maximum atomic E-state index is 11.7. The molecule has 5 nitrogen and oxygen atoms in total. The molecule has 1 heterocycles. The predicted octanol–water partition coefficient (Wildman–Crippen LogP) is 4.52. The molecular weight excluding hydrogens is 471 g/mol. The molecular formula is C20H29IN4OS. The van der Waals surface area contributed by atoms with Crippen molar-refractivity contribution in [2.75, 3.05) is 11.9 Å². The number of halogens is 1. The fraction of sp³-hybridized carbons (Fsp3) is 0.400. The number of aryl methyl sites for hydroxylation is 1. The van der Waals surface area contributed by atoms with Gasteiger partial charge in [0.25, 0.3) is 0 Å². The topological polar surface area (TPSA) is 65.5 Å². The van der Waals surface area contributed by atoms with Crippen LogP contribution in [0.2, 0.25) is 0 Å². The van der Waals surface area contributed by atoms with Crippen molar-refractivity contribution in [2.45, 2.75) is 40.8 Å². The average molecular weight is 500 g/mol. The summed E-state index contributed by atoms with van der Waals surface area (Å²) in [5.41, 5.74) is 1.91. The summed E-state index contributed by atoms with van der Waals surface area (Å²) in [6.07, 6.45) is 0. The number of hydrogen-bond donors (Lipinski definition) is 3. The van der Waals surface area contributed by atoms with Gasteiger partial charge in [0.1, 0.15) is 0 Å². The van der Waals surface area contributed by atoms with E-state index in [-0.39, 0.29) is 35.8 Å². The highest BCUT2D eigenvalue weighted by Crippen LogP contribution is 2.14.